The number of hydrazine groups is 1. The number of thioether (sulfide) groups is 1. The first kappa shape index (κ1) is 13.0. The third kappa shape index (κ3) is 3.51. The Hall–Kier alpha value is -1.05. The number of aromatic nitrogens is 1. The van der Waals surface area contributed by atoms with Crippen molar-refractivity contribution in [2.75, 3.05) is 0 Å². The summed E-state index contributed by atoms with van der Waals surface area (Å²) in [4.78, 5) is 11.1. The Bertz CT molecular complexity index is 354. The van der Waals surface area contributed by atoms with Crippen molar-refractivity contribution in [2.24, 2.45) is 5.84 Å². The predicted molar refractivity (Wildman–Crippen MR) is 60.6 cm³/mol. The number of amides is 1. The molecule has 1 aromatic heterocycles. The first-order chi connectivity index (χ1) is 7.54. The molecule has 6 nitrogen and oxygen atoms in total. The molecule has 1 heterocycles. The van der Waals surface area contributed by atoms with Gasteiger partial charge in [0, 0.05) is 11.3 Å². The van der Waals surface area contributed by atoms with Gasteiger partial charge in [-0.1, -0.05) is 12.1 Å². The molecule has 1 aromatic rings. The van der Waals surface area contributed by atoms with Gasteiger partial charge in [0.25, 0.3) is 5.91 Å². The van der Waals surface area contributed by atoms with Crippen molar-refractivity contribution in [3.63, 3.8) is 0 Å². The lowest BCUT2D eigenvalue weighted by Gasteiger charge is -2.12. The molecule has 0 aliphatic rings. The molecular weight excluding hydrogens is 230 g/mol. The normalized spacial score (nSPS) is 14.5. The monoisotopic (exact) mass is 245 g/mol. The highest BCUT2D eigenvalue weighted by atomic mass is 32.2. The van der Waals surface area contributed by atoms with Gasteiger partial charge in [0.1, 0.15) is 5.76 Å². The quantitative estimate of drug-likeness (QED) is 0.391. The fourth-order valence-corrected chi connectivity index (χ4v) is 1.76. The second-order valence-electron chi connectivity index (χ2n) is 3.41. The molecule has 1 amide bonds. The molecule has 0 aromatic carbocycles. The summed E-state index contributed by atoms with van der Waals surface area (Å²) in [6.07, 6.45) is -0.389. The minimum Gasteiger partial charge on any atom is -0.392 e. The molecule has 4 N–H and O–H groups in total. The van der Waals surface area contributed by atoms with Crippen LogP contribution in [0.5, 0.6) is 0 Å². The predicted octanol–water partition coefficient (Wildman–Crippen LogP) is 0.281. The van der Waals surface area contributed by atoms with E-state index in [1.807, 2.05) is 12.3 Å². The van der Waals surface area contributed by atoms with Crippen LogP contribution in [0.3, 0.4) is 0 Å². The average Bonchev–Trinajstić information content (AvgIpc) is 2.73. The maximum Gasteiger partial charge on any atom is 0.287 e. The van der Waals surface area contributed by atoms with Gasteiger partial charge < -0.3 is 9.63 Å². The third-order valence-corrected chi connectivity index (χ3v) is 3.46. The van der Waals surface area contributed by atoms with Gasteiger partial charge in [-0.25, -0.2) is 5.84 Å². The molecule has 0 radical (unpaired) electrons. The highest BCUT2D eigenvalue weighted by Crippen LogP contribution is 2.20. The molecule has 90 valence electrons. The van der Waals surface area contributed by atoms with E-state index >= 15 is 0 Å². The zero-order valence-electron chi connectivity index (χ0n) is 9.14. The number of rotatable bonds is 5. The summed E-state index contributed by atoms with van der Waals surface area (Å²) >= 11 is 1.52. The number of carbonyl (C=O) groups is 1. The van der Waals surface area contributed by atoms with Crippen LogP contribution in [0.15, 0.2) is 10.6 Å². The van der Waals surface area contributed by atoms with E-state index < -0.39 is 5.91 Å². The summed E-state index contributed by atoms with van der Waals surface area (Å²) in [6.45, 7) is 3.64. The topological polar surface area (TPSA) is 101 Å². The van der Waals surface area contributed by atoms with Crippen molar-refractivity contribution in [3.8, 4) is 0 Å². The van der Waals surface area contributed by atoms with E-state index in [4.69, 9.17) is 10.4 Å². The molecule has 0 aliphatic carbocycles. The smallest absolute Gasteiger partial charge is 0.287 e. The fraction of sp³-hybridized carbons (Fsp3) is 0.556. The zero-order chi connectivity index (χ0) is 12.1. The van der Waals surface area contributed by atoms with Gasteiger partial charge in [-0.05, 0) is 6.92 Å². The van der Waals surface area contributed by atoms with Crippen molar-refractivity contribution in [2.45, 2.75) is 31.0 Å². The van der Waals surface area contributed by atoms with Crippen LogP contribution in [-0.2, 0) is 5.75 Å². The van der Waals surface area contributed by atoms with E-state index in [1.54, 1.807) is 6.92 Å². The molecular formula is C9H15N3O3S. The van der Waals surface area contributed by atoms with E-state index in [2.05, 4.69) is 5.16 Å². The van der Waals surface area contributed by atoms with E-state index in [1.165, 1.54) is 17.8 Å². The van der Waals surface area contributed by atoms with Crippen LogP contribution in [0.25, 0.3) is 0 Å². The van der Waals surface area contributed by atoms with Gasteiger partial charge >= 0.3 is 0 Å². The Morgan fingerprint density at radius 2 is 2.44 bits per heavy atom. The fourth-order valence-electron chi connectivity index (χ4n) is 0.915. The van der Waals surface area contributed by atoms with Crippen molar-refractivity contribution >= 4 is 17.7 Å². The minimum absolute atomic E-state index is 0.0943. The maximum atomic E-state index is 11.1. The summed E-state index contributed by atoms with van der Waals surface area (Å²) in [5.41, 5.74) is 2.12. The van der Waals surface area contributed by atoms with Crippen molar-refractivity contribution in [1.29, 1.82) is 0 Å². The van der Waals surface area contributed by atoms with Gasteiger partial charge in [-0.2, -0.15) is 0 Å². The third-order valence-electron chi connectivity index (χ3n) is 2.09. The minimum atomic E-state index is -0.483. The second-order valence-corrected chi connectivity index (χ2v) is 4.77. The second kappa shape index (κ2) is 5.88. The highest BCUT2D eigenvalue weighted by molar-refractivity contribution is 7.99. The molecule has 0 saturated carbocycles. The Morgan fingerprint density at radius 1 is 1.75 bits per heavy atom. The summed E-state index contributed by atoms with van der Waals surface area (Å²) < 4.78 is 4.95. The van der Waals surface area contributed by atoms with Crippen molar-refractivity contribution in [1.82, 2.24) is 10.6 Å². The molecule has 2 unspecified atom stereocenters. The molecule has 0 spiro atoms. The Morgan fingerprint density at radius 3 is 3.00 bits per heavy atom. The van der Waals surface area contributed by atoms with E-state index in [9.17, 15) is 9.90 Å². The number of hydrogen-bond acceptors (Lipinski definition) is 6. The molecule has 0 fully saturated rings. The first-order valence-corrected chi connectivity index (χ1v) is 5.85. The number of carbonyl (C=O) groups excluding carboxylic acids is 1. The first-order valence-electron chi connectivity index (χ1n) is 4.80. The summed E-state index contributed by atoms with van der Waals surface area (Å²) in [6, 6.07) is 1.53. The standard InChI is InChI=1S/C9H15N3O3S/c1-5(13)6(2)16-4-7-3-8(12-15-7)9(14)11-10/h3,5-6,13H,4,10H2,1-2H3,(H,11,14). The summed E-state index contributed by atoms with van der Waals surface area (Å²) in [5, 5.41) is 12.9. The number of hydrogen-bond donors (Lipinski definition) is 3. The van der Waals surface area contributed by atoms with Crippen LogP contribution in [0.1, 0.15) is 30.1 Å². The zero-order valence-corrected chi connectivity index (χ0v) is 9.95. The molecule has 2 atom stereocenters. The van der Waals surface area contributed by atoms with E-state index in [0.717, 1.165) is 0 Å². The highest BCUT2D eigenvalue weighted by Gasteiger charge is 2.14. The van der Waals surface area contributed by atoms with E-state index in [0.29, 0.717) is 11.5 Å². The summed E-state index contributed by atoms with van der Waals surface area (Å²) in [7, 11) is 0. The SMILES string of the molecule is CC(O)C(C)SCc1cc(C(=O)NN)no1. The van der Waals surface area contributed by atoms with Crippen LogP contribution in [0.2, 0.25) is 0 Å². The van der Waals surface area contributed by atoms with E-state index in [-0.39, 0.29) is 17.0 Å². The van der Waals surface area contributed by atoms with Crippen molar-refractivity contribution in [3.05, 3.63) is 17.5 Å². The number of nitrogen functional groups attached to an aromatic ring is 1. The lowest BCUT2D eigenvalue weighted by molar-refractivity contribution is 0.0944. The average molecular weight is 245 g/mol. The number of aliphatic hydroxyl groups is 1. The number of nitrogens with zero attached hydrogens (tertiary/aromatic N) is 1. The van der Waals surface area contributed by atoms with Crippen LogP contribution in [0.4, 0.5) is 0 Å². The molecule has 16 heavy (non-hydrogen) atoms. The Kier molecular flexibility index (Phi) is 4.78. The van der Waals surface area contributed by atoms with Gasteiger partial charge in [-0.3, -0.25) is 10.2 Å². The lowest BCUT2D eigenvalue weighted by atomic mass is 10.3. The molecule has 0 aliphatic heterocycles. The van der Waals surface area contributed by atoms with Crippen LogP contribution in [-0.4, -0.2) is 27.5 Å². The number of nitrogens with one attached hydrogen (secondary N) is 1. The molecule has 7 heteroatoms. The number of nitrogens with two attached hydrogens (primary N) is 1. The molecule has 0 bridgehead atoms. The van der Waals surface area contributed by atoms with Crippen LogP contribution >= 0.6 is 11.8 Å². The summed E-state index contributed by atoms with van der Waals surface area (Å²) in [5.74, 6) is 5.61. The Labute approximate surface area is 97.5 Å². The Balaban J connectivity index is 2.49. The largest absolute Gasteiger partial charge is 0.392 e. The van der Waals surface area contributed by atoms with Gasteiger partial charge in [-0.15, -0.1) is 11.8 Å². The lowest BCUT2D eigenvalue weighted by Crippen LogP contribution is -2.30. The number of aliphatic hydroxyl groups excluding tert-OH is 1. The molecule has 1 rings (SSSR count). The van der Waals surface area contributed by atoms with Crippen molar-refractivity contribution < 1.29 is 14.4 Å². The van der Waals surface area contributed by atoms with Gasteiger partial charge in [0.15, 0.2) is 5.69 Å². The van der Waals surface area contributed by atoms with Crippen LogP contribution in [0, 0.1) is 0 Å². The molecule has 0 saturated heterocycles. The van der Waals surface area contributed by atoms with Crippen LogP contribution < -0.4 is 11.3 Å². The van der Waals surface area contributed by atoms with Gasteiger partial charge in [0.05, 0.1) is 11.9 Å². The van der Waals surface area contributed by atoms with Gasteiger partial charge in [0.2, 0.25) is 0 Å². The maximum absolute atomic E-state index is 11.1.